The van der Waals surface area contributed by atoms with E-state index in [1.807, 2.05) is 30.0 Å². The maximum absolute atomic E-state index is 12.7. The lowest BCUT2D eigenvalue weighted by atomic mass is 10.0. The molecule has 5 heteroatoms. The first-order valence-corrected chi connectivity index (χ1v) is 13.1. The van der Waals surface area contributed by atoms with Gasteiger partial charge in [0, 0.05) is 25.1 Å². The molecule has 2 unspecified atom stereocenters. The van der Waals surface area contributed by atoms with Gasteiger partial charge in [-0.3, -0.25) is 4.79 Å². The van der Waals surface area contributed by atoms with Crippen molar-refractivity contribution in [2.45, 2.75) is 71.8 Å². The van der Waals surface area contributed by atoms with E-state index >= 15 is 0 Å². The fourth-order valence-electron chi connectivity index (χ4n) is 4.25. The Balaban J connectivity index is 1.63. The Morgan fingerprint density at radius 1 is 1.17 bits per heavy atom. The Labute approximate surface area is 217 Å². The minimum absolute atomic E-state index is 0.199. The lowest BCUT2D eigenvalue weighted by Crippen LogP contribution is -2.29. The van der Waals surface area contributed by atoms with E-state index in [-0.39, 0.29) is 5.91 Å². The summed E-state index contributed by atoms with van der Waals surface area (Å²) < 4.78 is 4.55. The average Bonchev–Trinajstić information content (AvgIpc) is 3.21. The van der Waals surface area contributed by atoms with Gasteiger partial charge in [0.25, 0.3) is 0 Å². The molecule has 2 atom stereocenters. The van der Waals surface area contributed by atoms with E-state index in [0.29, 0.717) is 12.3 Å². The maximum atomic E-state index is 12.7. The number of allylic oxidation sites excluding steroid dienone is 5. The molecule has 0 bridgehead atoms. The molecule has 0 aromatic heterocycles. The van der Waals surface area contributed by atoms with Crippen molar-refractivity contribution in [3.05, 3.63) is 83.0 Å². The normalized spacial score (nSPS) is 16.4. The molecule has 0 saturated heterocycles. The number of hydrogen-bond acceptors (Lipinski definition) is 4. The molecule has 1 aromatic rings. The van der Waals surface area contributed by atoms with Crippen LogP contribution in [0.25, 0.3) is 0 Å². The first-order chi connectivity index (χ1) is 17.3. The maximum Gasteiger partial charge on any atom is 0.335 e. The number of methoxy groups -OCH3 is 1. The van der Waals surface area contributed by atoms with E-state index in [9.17, 15) is 14.7 Å². The van der Waals surface area contributed by atoms with E-state index in [1.165, 1.54) is 18.2 Å². The van der Waals surface area contributed by atoms with Crippen LogP contribution in [0.3, 0.4) is 0 Å². The molecule has 0 saturated carbocycles. The van der Waals surface area contributed by atoms with Gasteiger partial charge in [-0.2, -0.15) is 0 Å². The van der Waals surface area contributed by atoms with Gasteiger partial charge in [0.1, 0.15) is 0 Å². The Morgan fingerprint density at radius 3 is 2.64 bits per heavy atom. The molecule has 0 spiro atoms. The molecule has 5 nitrogen and oxygen atoms in total. The van der Waals surface area contributed by atoms with Crippen LogP contribution in [0.2, 0.25) is 0 Å². The van der Waals surface area contributed by atoms with Crippen LogP contribution >= 0.6 is 0 Å². The third kappa shape index (κ3) is 10.8. The van der Waals surface area contributed by atoms with Crippen molar-refractivity contribution in [2.24, 2.45) is 5.92 Å². The predicted octanol–water partition coefficient (Wildman–Crippen LogP) is 5.96. The zero-order valence-corrected chi connectivity index (χ0v) is 22.4. The Kier molecular flexibility index (Phi) is 13.0. The summed E-state index contributed by atoms with van der Waals surface area (Å²) in [4.78, 5) is 25.9. The summed E-state index contributed by atoms with van der Waals surface area (Å²) in [5.74, 6) is 0.0470. The molecule has 1 heterocycles. The number of aliphatic hydroxyl groups excluding tert-OH is 1. The number of ether oxygens (including phenoxy) is 1. The first kappa shape index (κ1) is 29.3. The molecule has 1 N–H and O–H groups in total. The summed E-state index contributed by atoms with van der Waals surface area (Å²) in [6.45, 7) is 7.77. The fourth-order valence-corrected chi connectivity index (χ4v) is 4.25. The first-order valence-electron chi connectivity index (χ1n) is 13.1. The molecule has 1 amide bonds. The summed E-state index contributed by atoms with van der Waals surface area (Å²) in [5.41, 5.74) is 4.54. The number of esters is 1. The van der Waals surface area contributed by atoms with Gasteiger partial charge in [0.15, 0.2) is 6.10 Å². The van der Waals surface area contributed by atoms with Crippen LogP contribution in [0.1, 0.15) is 64.9 Å². The van der Waals surface area contributed by atoms with Gasteiger partial charge in [-0.25, -0.2) is 4.79 Å². The van der Waals surface area contributed by atoms with Crippen LogP contribution in [0.15, 0.2) is 77.4 Å². The second-order valence-electron chi connectivity index (χ2n) is 9.82. The highest BCUT2D eigenvalue weighted by atomic mass is 16.5. The van der Waals surface area contributed by atoms with Crippen molar-refractivity contribution >= 4 is 11.9 Å². The molecule has 0 radical (unpaired) electrons. The van der Waals surface area contributed by atoms with E-state index in [1.54, 1.807) is 0 Å². The van der Waals surface area contributed by atoms with Gasteiger partial charge < -0.3 is 14.7 Å². The molecular weight excluding hydrogens is 450 g/mol. The van der Waals surface area contributed by atoms with Gasteiger partial charge in [-0.15, -0.1) is 0 Å². The quantitative estimate of drug-likeness (QED) is 0.186. The van der Waals surface area contributed by atoms with E-state index in [0.717, 1.165) is 62.8 Å². The summed E-state index contributed by atoms with van der Waals surface area (Å²) in [7, 11) is 1.28. The third-order valence-electron chi connectivity index (χ3n) is 6.57. The highest BCUT2D eigenvalue weighted by Crippen LogP contribution is 2.20. The molecular formula is C31H43NO4. The van der Waals surface area contributed by atoms with E-state index in [2.05, 4.69) is 61.1 Å². The Morgan fingerprint density at radius 2 is 1.92 bits per heavy atom. The number of carbonyl (C=O) groups excluding carboxylic acids is 2. The van der Waals surface area contributed by atoms with Crippen molar-refractivity contribution < 1.29 is 19.4 Å². The predicted molar refractivity (Wildman–Crippen MR) is 146 cm³/mol. The van der Waals surface area contributed by atoms with Crippen LogP contribution < -0.4 is 0 Å². The molecule has 196 valence electrons. The van der Waals surface area contributed by atoms with Gasteiger partial charge in [0.05, 0.1) is 7.11 Å². The molecule has 36 heavy (non-hydrogen) atoms. The largest absolute Gasteiger partial charge is 0.467 e. The van der Waals surface area contributed by atoms with Gasteiger partial charge >= 0.3 is 5.97 Å². The van der Waals surface area contributed by atoms with Crippen LogP contribution in [0.5, 0.6) is 0 Å². The van der Waals surface area contributed by atoms with Crippen molar-refractivity contribution in [3.8, 4) is 0 Å². The van der Waals surface area contributed by atoms with Crippen LogP contribution in [0, 0.1) is 5.92 Å². The van der Waals surface area contributed by atoms with Gasteiger partial charge in [0.2, 0.25) is 5.91 Å². The molecule has 1 aromatic carbocycles. The second-order valence-corrected chi connectivity index (χ2v) is 9.82. The van der Waals surface area contributed by atoms with E-state index < -0.39 is 12.1 Å². The lowest BCUT2D eigenvalue weighted by Gasteiger charge is -2.16. The van der Waals surface area contributed by atoms with Crippen molar-refractivity contribution in [1.82, 2.24) is 4.90 Å². The lowest BCUT2D eigenvalue weighted by molar-refractivity contribution is -0.150. The number of aliphatic hydroxyl groups is 1. The fraction of sp³-hybridized carbons (Fsp3) is 0.484. The smallest absolute Gasteiger partial charge is 0.335 e. The van der Waals surface area contributed by atoms with E-state index in [4.69, 9.17) is 0 Å². The topological polar surface area (TPSA) is 66.8 Å². The summed E-state index contributed by atoms with van der Waals surface area (Å²) in [5, 5.41) is 9.72. The number of benzene rings is 1. The number of carbonyl (C=O) groups is 2. The minimum Gasteiger partial charge on any atom is -0.467 e. The zero-order chi connectivity index (χ0) is 26.3. The van der Waals surface area contributed by atoms with Crippen molar-refractivity contribution in [1.29, 1.82) is 0 Å². The van der Waals surface area contributed by atoms with Crippen molar-refractivity contribution in [2.75, 3.05) is 20.2 Å². The van der Waals surface area contributed by atoms with Crippen LogP contribution in [0.4, 0.5) is 0 Å². The van der Waals surface area contributed by atoms with Gasteiger partial charge in [-0.05, 0) is 63.9 Å². The standard InChI is InChI=1S/C31H43NO4/c1-24(13-9-15-26(3)23-29(33)31(35)36-4)11-8-12-25(2)14-10-18-28-20-22-32(30(28)34)21-19-27-16-6-5-7-17-27/h5-8,11-12,15-17,20,24,29,33H,9-10,13-14,18-19,21-23H2,1-4H3/b11-8+,25-12+,26-15-. The third-order valence-corrected chi connectivity index (χ3v) is 6.57. The second kappa shape index (κ2) is 15.9. The molecule has 2 rings (SSSR count). The number of nitrogens with zero attached hydrogens (tertiary/aromatic N) is 1. The van der Waals surface area contributed by atoms with Crippen molar-refractivity contribution in [3.63, 3.8) is 0 Å². The summed E-state index contributed by atoms with van der Waals surface area (Å²) in [6, 6.07) is 10.3. The Bertz CT molecular complexity index is 958. The summed E-state index contributed by atoms with van der Waals surface area (Å²) in [6.07, 6.45) is 15.5. The summed E-state index contributed by atoms with van der Waals surface area (Å²) >= 11 is 0. The average molecular weight is 494 g/mol. The van der Waals surface area contributed by atoms with Crippen LogP contribution in [-0.4, -0.2) is 48.2 Å². The van der Waals surface area contributed by atoms with Gasteiger partial charge in [-0.1, -0.05) is 78.8 Å². The highest BCUT2D eigenvalue weighted by molar-refractivity contribution is 5.95. The molecule has 1 aliphatic rings. The van der Waals surface area contributed by atoms with Crippen LogP contribution in [-0.2, 0) is 20.7 Å². The molecule has 0 aliphatic carbocycles. The number of rotatable bonds is 15. The Hall–Kier alpha value is -2.92. The molecule has 0 fully saturated rings. The highest BCUT2D eigenvalue weighted by Gasteiger charge is 2.22. The zero-order valence-electron chi connectivity index (χ0n) is 22.4. The SMILES string of the molecule is COC(=O)C(O)C/C(C)=C\CCC(C)/C=C/C=C(\C)CCCC1=CCN(CCc2ccccc2)C1=O. The molecule has 1 aliphatic heterocycles. The number of amides is 1. The monoisotopic (exact) mass is 493 g/mol. The minimum atomic E-state index is -1.08. The number of hydrogen-bond donors (Lipinski definition) is 1.